The Hall–Kier alpha value is -2.33. The Morgan fingerprint density at radius 3 is 2.30 bits per heavy atom. The number of ether oxygens (including phenoxy) is 2. The van der Waals surface area contributed by atoms with E-state index in [1.807, 2.05) is 6.92 Å². The molecule has 0 fully saturated rings. The largest absolute Gasteiger partial charge is 0.479 e. The summed E-state index contributed by atoms with van der Waals surface area (Å²) in [7, 11) is 0. The molecule has 0 spiro atoms. The topological polar surface area (TPSA) is 52.6 Å². The molecular formula is C18H17ClO4. The van der Waals surface area contributed by atoms with Gasteiger partial charge in [0.05, 0.1) is 0 Å². The number of halogens is 1. The van der Waals surface area contributed by atoms with E-state index in [4.69, 9.17) is 21.1 Å². The zero-order valence-corrected chi connectivity index (χ0v) is 13.9. The van der Waals surface area contributed by atoms with Crippen LogP contribution >= 0.6 is 11.6 Å². The lowest BCUT2D eigenvalue weighted by Crippen LogP contribution is -2.28. The first-order valence-corrected chi connectivity index (χ1v) is 7.50. The van der Waals surface area contributed by atoms with Crippen LogP contribution in [-0.2, 0) is 4.79 Å². The highest BCUT2D eigenvalue weighted by molar-refractivity contribution is 6.30. The number of esters is 1. The minimum absolute atomic E-state index is 0.0437. The van der Waals surface area contributed by atoms with E-state index in [2.05, 4.69) is 0 Å². The molecule has 1 atom stereocenters. The third-order valence-electron chi connectivity index (χ3n) is 3.25. The second-order valence-electron chi connectivity index (χ2n) is 5.17. The molecular weight excluding hydrogens is 316 g/mol. The van der Waals surface area contributed by atoms with E-state index in [-0.39, 0.29) is 5.78 Å². The van der Waals surface area contributed by atoms with Crippen LogP contribution in [0.25, 0.3) is 0 Å². The molecule has 2 aromatic rings. The van der Waals surface area contributed by atoms with Crippen LogP contribution in [0, 0.1) is 6.92 Å². The van der Waals surface area contributed by atoms with Crippen molar-refractivity contribution < 1.29 is 19.1 Å². The molecule has 0 aliphatic rings. The van der Waals surface area contributed by atoms with Crippen LogP contribution in [-0.4, -0.2) is 17.9 Å². The maximum atomic E-state index is 12.1. The van der Waals surface area contributed by atoms with Gasteiger partial charge in [-0.25, -0.2) is 4.79 Å². The Labute approximate surface area is 140 Å². The third-order valence-corrected chi connectivity index (χ3v) is 3.49. The Balaban J connectivity index is 2.00. The van der Waals surface area contributed by atoms with Crippen LogP contribution in [0.15, 0.2) is 42.5 Å². The molecule has 120 valence electrons. The highest BCUT2D eigenvalue weighted by Crippen LogP contribution is 2.23. The molecule has 0 saturated heterocycles. The van der Waals surface area contributed by atoms with Gasteiger partial charge in [0, 0.05) is 10.6 Å². The van der Waals surface area contributed by atoms with Crippen molar-refractivity contribution in [1.82, 2.24) is 0 Å². The highest BCUT2D eigenvalue weighted by Gasteiger charge is 2.18. The number of Topliss-reactive ketones (excluding diaryl/α,β-unsaturated/α-hetero) is 1. The summed E-state index contributed by atoms with van der Waals surface area (Å²) < 4.78 is 10.9. The fourth-order valence-corrected chi connectivity index (χ4v) is 2.17. The Morgan fingerprint density at radius 1 is 1.09 bits per heavy atom. The summed E-state index contributed by atoms with van der Waals surface area (Å²) >= 11 is 5.89. The van der Waals surface area contributed by atoms with Gasteiger partial charge in [0.2, 0.25) is 0 Å². The molecule has 0 amide bonds. The number of rotatable bonds is 5. The molecule has 0 aromatic heterocycles. The van der Waals surface area contributed by atoms with E-state index >= 15 is 0 Å². The lowest BCUT2D eigenvalue weighted by atomic mass is 10.1. The maximum absolute atomic E-state index is 12.1. The van der Waals surface area contributed by atoms with Crippen LogP contribution in [0.1, 0.15) is 29.8 Å². The minimum atomic E-state index is -0.776. The molecule has 0 aliphatic carbocycles. The first-order valence-electron chi connectivity index (χ1n) is 7.12. The molecule has 0 N–H and O–H groups in total. The van der Waals surface area contributed by atoms with Crippen molar-refractivity contribution in [2.24, 2.45) is 0 Å². The van der Waals surface area contributed by atoms with Gasteiger partial charge in [0.15, 0.2) is 11.9 Å². The number of ketones is 1. The maximum Gasteiger partial charge on any atom is 0.352 e. The summed E-state index contributed by atoms with van der Waals surface area (Å²) in [5.41, 5.74) is 1.40. The van der Waals surface area contributed by atoms with Gasteiger partial charge in [0.25, 0.3) is 0 Å². The molecule has 0 bridgehead atoms. The molecule has 23 heavy (non-hydrogen) atoms. The van der Waals surface area contributed by atoms with Gasteiger partial charge in [-0.15, -0.1) is 0 Å². The fraction of sp³-hybridized carbons (Fsp3) is 0.222. The SMILES string of the molecule is CC(=O)c1ccc(OC(=O)C(C)Oc2ccc(Cl)cc2C)cc1. The molecule has 5 heteroatoms. The number of aryl methyl sites for hydroxylation is 1. The standard InChI is InChI=1S/C18H17ClO4/c1-11-10-15(19)6-9-17(11)22-13(3)18(21)23-16-7-4-14(5-8-16)12(2)20/h4-10,13H,1-3H3. The normalized spacial score (nSPS) is 11.7. The Kier molecular flexibility index (Phi) is 5.40. The predicted molar refractivity (Wildman–Crippen MR) is 88.4 cm³/mol. The second-order valence-corrected chi connectivity index (χ2v) is 5.61. The summed E-state index contributed by atoms with van der Waals surface area (Å²) in [5, 5.41) is 0.607. The summed E-state index contributed by atoms with van der Waals surface area (Å²) in [4.78, 5) is 23.3. The monoisotopic (exact) mass is 332 g/mol. The lowest BCUT2D eigenvalue weighted by Gasteiger charge is -2.15. The van der Waals surface area contributed by atoms with Crippen LogP contribution in [0.4, 0.5) is 0 Å². The van der Waals surface area contributed by atoms with Gasteiger partial charge >= 0.3 is 5.97 Å². The Morgan fingerprint density at radius 2 is 1.74 bits per heavy atom. The van der Waals surface area contributed by atoms with Crippen molar-refractivity contribution in [1.29, 1.82) is 0 Å². The van der Waals surface area contributed by atoms with Gasteiger partial charge in [0.1, 0.15) is 11.5 Å². The summed E-state index contributed by atoms with van der Waals surface area (Å²) in [6.07, 6.45) is -0.776. The van der Waals surface area contributed by atoms with E-state index < -0.39 is 12.1 Å². The van der Waals surface area contributed by atoms with Crippen molar-refractivity contribution in [3.05, 3.63) is 58.6 Å². The molecule has 4 nitrogen and oxygen atoms in total. The zero-order chi connectivity index (χ0) is 17.0. The van der Waals surface area contributed by atoms with Crippen LogP contribution in [0.2, 0.25) is 5.02 Å². The lowest BCUT2D eigenvalue weighted by molar-refractivity contribution is -0.141. The van der Waals surface area contributed by atoms with Gasteiger partial charge in [-0.2, -0.15) is 0 Å². The molecule has 0 saturated carbocycles. The minimum Gasteiger partial charge on any atom is -0.479 e. The molecule has 0 aliphatic heterocycles. The number of hydrogen-bond donors (Lipinski definition) is 0. The summed E-state index contributed by atoms with van der Waals surface area (Å²) in [6.45, 7) is 4.94. The van der Waals surface area contributed by atoms with E-state index in [9.17, 15) is 9.59 Å². The molecule has 2 rings (SSSR count). The number of carbonyl (C=O) groups is 2. The number of carbonyl (C=O) groups excluding carboxylic acids is 2. The predicted octanol–water partition coefficient (Wildman–Crippen LogP) is 4.22. The summed E-state index contributed by atoms with van der Waals surface area (Å²) in [5.74, 6) is 0.377. The quantitative estimate of drug-likeness (QED) is 0.467. The van der Waals surface area contributed by atoms with Crippen molar-refractivity contribution in [2.75, 3.05) is 0 Å². The molecule has 0 heterocycles. The molecule has 0 radical (unpaired) electrons. The van der Waals surface area contributed by atoms with Crippen molar-refractivity contribution in [3.63, 3.8) is 0 Å². The fourth-order valence-electron chi connectivity index (χ4n) is 1.94. The van der Waals surface area contributed by atoms with E-state index in [1.165, 1.54) is 6.92 Å². The molecule has 2 aromatic carbocycles. The van der Waals surface area contributed by atoms with Crippen LogP contribution in [0.5, 0.6) is 11.5 Å². The zero-order valence-electron chi connectivity index (χ0n) is 13.1. The van der Waals surface area contributed by atoms with Crippen LogP contribution in [0.3, 0.4) is 0 Å². The number of benzene rings is 2. The van der Waals surface area contributed by atoms with E-state index in [0.29, 0.717) is 22.1 Å². The van der Waals surface area contributed by atoms with Gasteiger partial charge in [-0.05, 0) is 68.8 Å². The van der Waals surface area contributed by atoms with Gasteiger partial charge in [-0.1, -0.05) is 11.6 Å². The number of hydrogen-bond acceptors (Lipinski definition) is 4. The summed E-state index contributed by atoms with van der Waals surface area (Å²) in [6, 6.07) is 11.5. The average molecular weight is 333 g/mol. The second kappa shape index (κ2) is 7.29. The highest BCUT2D eigenvalue weighted by atomic mass is 35.5. The van der Waals surface area contributed by atoms with E-state index in [0.717, 1.165) is 5.56 Å². The third kappa shape index (κ3) is 4.57. The van der Waals surface area contributed by atoms with Crippen molar-refractivity contribution >= 4 is 23.4 Å². The van der Waals surface area contributed by atoms with Crippen molar-refractivity contribution in [3.8, 4) is 11.5 Å². The average Bonchev–Trinajstić information content (AvgIpc) is 2.50. The Bertz CT molecular complexity index is 722. The first-order chi connectivity index (χ1) is 10.9. The smallest absolute Gasteiger partial charge is 0.352 e. The van der Waals surface area contributed by atoms with E-state index in [1.54, 1.807) is 49.4 Å². The first kappa shape index (κ1) is 17.0. The van der Waals surface area contributed by atoms with Gasteiger partial charge < -0.3 is 9.47 Å². The van der Waals surface area contributed by atoms with Crippen molar-refractivity contribution in [2.45, 2.75) is 26.9 Å². The van der Waals surface area contributed by atoms with Gasteiger partial charge in [-0.3, -0.25) is 4.79 Å². The molecule has 1 unspecified atom stereocenters. The van der Waals surface area contributed by atoms with Crippen LogP contribution < -0.4 is 9.47 Å².